The minimum atomic E-state index is -1.00. The van der Waals surface area contributed by atoms with Gasteiger partial charge in [0.15, 0.2) is 5.69 Å². The molecule has 2 aromatic rings. The van der Waals surface area contributed by atoms with Gasteiger partial charge in [0.2, 0.25) is 0 Å². The summed E-state index contributed by atoms with van der Waals surface area (Å²) in [6.45, 7) is 4.64. The molecule has 0 saturated heterocycles. The molecule has 0 fully saturated rings. The maximum Gasteiger partial charge on any atom is 0.355 e. The van der Waals surface area contributed by atoms with Crippen molar-refractivity contribution in [1.29, 1.82) is 0 Å². The fraction of sp³-hybridized carbons (Fsp3) is 0.143. The van der Waals surface area contributed by atoms with Crippen LogP contribution in [-0.2, 0) is 11.3 Å². The maximum absolute atomic E-state index is 10.8. The summed E-state index contributed by atoms with van der Waals surface area (Å²) in [5, 5.41) is 11.1. The van der Waals surface area contributed by atoms with Gasteiger partial charge in [-0.25, -0.2) is 9.78 Å². The summed E-state index contributed by atoms with van der Waals surface area (Å²) in [5.74, 6) is -1.00. The molecule has 1 N–H and O–H groups in total. The Labute approximate surface area is 115 Å². The largest absolute Gasteiger partial charge is 0.476 e. The third-order valence-corrected chi connectivity index (χ3v) is 3.32. The zero-order chi connectivity index (χ0) is 13.7. The summed E-state index contributed by atoms with van der Waals surface area (Å²) in [7, 11) is 0. The lowest BCUT2D eigenvalue weighted by Gasteiger charge is -2.02. The van der Waals surface area contributed by atoms with Gasteiger partial charge in [0, 0.05) is 10.9 Å². The fourth-order valence-electron chi connectivity index (χ4n) is 1.51. The van der Waals surface area contributed by atoms with Gasteiger partial charge in [-0.3, -0.25) is 0 Å². The van der Waals surface area contributed by atoms with Gasteiger partial charge >= 0.3 is 5.97 Å². The van der Waals surface area contributed by atoms with Crippen LogP contribution in [0.1, 0.15) is 16.1 Å². The first-order valence-electron chi connectivity index (χ1n) is 5.67. The summed E-state index contributed by atoms with van der Waals surface area (Å²) >= 11 is 1.32. The number of thiazole rings is 1. The Morgan fingerprint density at radius 2 is 2.16 bits per heavy atom. The van der Waals surface area contributed by atoms with E-state index in [1.165, 1.54) is 11.3 Å². The molecule has 19 heavy (non-hydrogen) atoms. The molecule has 1 aromatic heterocycles. The predicted molar refractivity (Wildman–Crippen MR) is 74.4 cm³/mol. The lowest BCUT2D eigenvalue weighted by Crippen LogP contribution is -1.95. The number of ether oxygens (including phenoxy) is 1. The smallest absolute Gasteiger partial charge is 0.355 e. The summed E-state index contributed by atoms with van der Waals surface area (Å²) < 4.78 is 5.34. The molecule has 2 rings (SSSR count). The summed E-state index contributed by atoms with van der Waals surface area (Å²) in [6, 6.07) is 7.72. The number of hydrogen-bond donors (Lipinski definition) is 1. The predicted octanol–water partition coefficient (Wildman–Crippen LogP) is 3.21. The van der Waals surface area contributed by atoms with Gasteiger partial charge in [-0.2, -0.15) is 0 Å². The number of benzene rings is 1. The van der Waals surface area contributed by atoms with Crippen molar-refractivity contribution in [2.24, 2.45) is 0 Å². The molecule has 4 nitrogen and oxygen atoms in total. The number of carboxylic acid groups (broad SMARTS) is 1. The van der Waals surface area contributed by atoms with E-state index in [1.807, 2.05) is 24.3 Å². The van der Waals surface area contributed by atoms with Crippen LogP contribution in [0.3, 0.4) is 0 Å². The second-order valence-corrected chi connectivity index (χ2v) is 4.70. The first kappa shape index (κ1) is 13.5. The standard InChI is InChI=1S/C14H13NO3S/c1-2-7-18-8-10-3-5-11(6-4-10)13-15-12(9-19-13)14(16)17/h2-6,9H,1,7-8H2,(H,16,17). The maximum atomic E-state index is 10.8. The zero-order valence-corrected chi connectivity index (χ0v) is 11.0. The van der Waals surface area contributed by atoms with E-state index >= 15 is 0 Å². The molecule has 0 unspecified atom stereocenters. The van der Waals surface area contributed by atoms with Crippen LogP contribution in [0.25, 0.3) is 10.6 Å². The lowest BCUT2D eigenvalue weighted by atomic mass is 10.1. The van der Waals surface area contributed by atoms with Crippen molar-refractivity contribution in [3.8, 4) is 10.6 Å². The van der Waals surface area contributed by atoms with Crippen LogP contribution in [0, 0.1) is 0 Å². The van der Waals surface area contributed by atoms with Gasteiger partial charge in [0.25, 0.3) is 0 Å². The summed E-state index contributed by atoms with van der Waals surface area (Å²) in [6.07, 6.45) is 1.71. The molecule has 0 amide bonds. The minimum Gasteiger partial charge on any atom is -0.476 e. The molecule has 0 atom stereocenters. The van der Waals surface area contributed by atoms with E-state index in [9.17, 15) is 4.79 Å². The van der Waals surface area contributed by atoms with E-state index in [0.29, 0.717) is 18.2 Å². The Hall–Kier alpha value is -1.98. The molecule has 0 aliphatic carbocycles. The second kappa shape index (κ2) is 6.26. The van der Waals surface area contributed by atoms with Crippen molar-refractivity contribution in [3.63, 3.8) is 0 Å². The molecule has 1 heterocycles. The normalized spacial score (nSPS) is 10.3. The van der Waals surface area contributed by atoms with Gasteiger partial charge in [0.1, 0.15) is 5.01 Å². The van der Waals surface area contributed by atoms with Crippen molar-refractivity contribution in [1.82, 2.24) is 4.98 Å². The SMILES string of the molecule is C=CCOCc1ccc(-c2nc(C(=O)O)cs2)cc1. The number of aromatic nitrogens is 1. The van der Waals surface area contributed by atoms with Crippen LogP contribution in [0.15, 0.2) is 42.3 Å². The van der Waals surface area contributed by atoms with Gasteiger partial charge in [-0.15, -0.1) is 17.9 Å². The van der Waals surface area contributed by atoms with Crippen molar-refractivity contribution in [2.75, 3.05) is 6.61 Å². The fourth-order valence-corrected chi connectivity index (χ4v) is 2.31. The number of carbonyl (C=O) groups is 1. The topological polar surface area (TPSA) is 59.4 Å². The molecule has 0 saturated carbocycles. The highest BCUT2D eigenvalue weighted by Gasteiger charge is 2.09. The molecule has 5 heteroatoms. The first-order chi connectivity index (χ1) is 9.20. The van der Waals surface area contributed by atoms with Crippen molar-refractivity contribution in [2.45, 2.75) is 6.61 Å². The van der Waals surface area contributed by atoms with Gasteiger partial charge < -0.3 is 9.84 Å². The van der Waals surface area contributed by atoms with Gasteiger partial charge in [0.05, 0.1) is 13.2 Å². The van der Waals surface area contributed by atoms with E-state index in [0.717, 1.165) is 11.1 Å². The summed E-state index contributed by atoms with van der Waals surface area (Å²) in [4.78, 5) is 14.8. The zero-order valence-electron chi connectivity index (χ0n) is 10.2. The van der Waals surface area contributed by atoms with Crippen LogP contribution < -0.4 is 0 Å². The van der Waals surface area contributed by atoms with E-state index in [2.05, 4.69) is 11.6 Å². The number of nitrogens with zero attached hydrogens (tertiary/aromatic N) is 1. The molecule has 0 spiro atoms. The molecule has 0 aliphatic rings. The van der Waals surface area contributed by atoms with Crippen molar-refractivity contribution >= 4 is 17.3 Å². The van der Waals surface area contributed by atoms with Gasteiger partial charge in [-0.1, -0.05) is 30.3 Å². The van der Waals surface area contributed by atoms with Crippen LogP contribution in [-0.4, -0.2) is 22.7 Å². The molecular formula is C14H13NO3S. The average molecular weight is 275 g/mol. The Kier molecular flexibility index (Phi) is 4.43. The Morgan fingerprint density at radius 3 is 2.74 bits per heavy atom. The summed E-state index contributed by atoms with van der Waals surface area (Å²) in [5.41, 5.74) is 2.05. The van der Waals surface area contributed by atoms with E-state index < -0.39 is 5.97 Å². The molecule has 0 radical (unpaired) electrons. The molecule has 98 valence electrons. The van der Waals surface area contributed by atoms with Crippen LogP contribution in [0.2, 0.25) is 0 Å². The van der Waals surface area contributed by atoms with Crippen LogP contribution in [0.5, 0.6) is 0 Å². The quantitative estimate of drug-likeness (QED) is 0.649. The highest BCUT2D eigenvalue weighted by molar-refractivity contribution is 7.13. The monoisotopic (exact) mass is 275 g/mol. The number of rotatable bonds is 6. The highest BCUT2D eigenvalue weighted by atomic mass is 32.1. The lowest BCUT2D eigenvalue weighted by molar-refractivity contribution is 0.0691. The van der Waals surface area contributed by atoms with E-state index in [4.69, 9.17) is 9.84 Å². The molecular weight excluding hydrogens is 262 g/mol. The van der Waals surface area contributed by atoms with Crippen LogP contribution >= 0.6 is 11.3 Å². The number of hydrogen-bond acceptors (Lipinski definition) is 4. The minimum absolute atomic E-state index is 0.0818. The molecule has 0 aliphatic heterocycles. The first-order valence-corrected chi connectivity index (χ1v) is 6.55. The Bertz CT molecular complexity index is 575. The van der Waals surface area contributed by atoms with Crippen LogP contribution in [0.4, 0.5) is 0 Å². The highest BCUT2D eigenvalue weighted by Crippen LogP contribution is 2.24. The Balaban J connectivity index is 2.08. The van der Waals surface area contributed by atoms with Crippen molar-refractivity contribution < 1.29 is 14.6 Å². The number of aromatic carboxylic acids is 1. The Morgan fingerprint density at radius 1 is 1.42 bits per heavy atom. The third kappa shape index (κ3) is 3.49. The van der Waals surface area contributed by atoms with Crippen molar-refractivity contribution in [3.05, 3.63) is 53.6 Å². The molecule has 0 bridgehead atoms. The second-order valence-electron chi connectivity index (χ2n) is 3.84. The number of carboxylic acids is 1. The molecule has 1 aromatic carbocycles. The van der Waals surface area contributed by atoms with E-state index in [-0.39, 0.29) is 5.69 Å². The third-order valence-electron chi connectivity index (χ3n) is 2.43. The average Bonchev–Trinajstić information content (AvgIpc) is 2.90. The van der Waals surface area contributed by atoms with Gasteiger partial charge in [-0.05, 0) is 5.56 Å². The van der Waals surface area contributed by atoms with E-state index in [1.54, 1.807) is 11.5 Å².